The molecule has 180 valence electrons. The quantitative estimate of drug-likeness (QED) is 0.285. The molecule has 6 rings (SSSR count). The van der Waals surface area contributed by atoms with Crippen LogP contribution in [0.1, 0.15) is 86.0 Å². The van der Waals surface area contributed by atoms with Crippen molar-refractivity contribution in [2.45, 2.75) is 84.5 Å². The van der Waals surface area contributed by atoms with Gasteiger partial charge >= 0.3 is 0 Å². The Morgan fingerprint density at radius 3 is 2.14 bits per heavy atom. The lowest BCUT2D eigenvalue weighted by Crippen LogP contribution is -2.29. The van der Waals surface area contributed by atoms with Gasteiger partial charge in [-0.05, 0) is 111 Å². The molecule has 2 saturated carbocycles. The molecule has 35 heavy (non-hydrogen) atoms. The number of hydrogen-bond acceptors (Lipinski definition) is 2. The molecule has 1 nitrogen and oxygen atoms in total. The van der Waals surface area contributed by atoms with E-state index in [1.807, 2.05) is 17.5 Å². The van der Waals surface area contributed by atoms with Crippen molar-refractivity contribution >= 4 is 21.4 Å². The lowest BCUT2D eigenvalue weighted by Gasteiger charge is -2.43. The molecule has 0 saturated heterocycles. The number of hydrogen-bond donors (Lipinski definition) is 0. The SMILES string of the molecule is Cc1cc(C)cc(-c2nccc3c(C)c(-c4ccc(C5CCC6(CCCCC6)CC5)cc4)sc23)c1. The van der Waals surface area contributed by atoms with Crippen molar-refractivity contribution in [3.63, 3.8) is 0 Å². The van der Waals surface area contributed by atoms with Crippen molar-refractivity contribution < 1.29 is 0 Å². The number of aromatic nitrogens is 1. The van der Waals surface area contributed by atoms with E-state index in [-0.39, 0.29) is 0 Å². The summed E-state index contributed by atoms with van der Waals surface area (Å²) in [6.45, 7) is 6.62. The maximum atomic E-state index is 4.83. The molecule has 0 radical (unpaired) electrons. The third-order valence-corrected chi connectivity index (χ3v) is 10.3. The Bertz CT molecular complexity index is 1320. The lowest BCUT2D eigenvalue weighted by atomic mass is 9.62. The van der Waals surface area contributed by atoms with Crippen LogP contribution in [0.3, 0.4) is 0 Å². The van der Waals surface area contributed by atoms with Gasteiger partial charge in [0.2, 0.25) is 0 Å². The predicted molar refractivity (Wildman–Crippen MR) is 151 cm³/mol. The van der Waals surface area contributed by atoms with Crippen molar-refractivity contribution in [3.05, 3.63) is 77.0 Å². The van der Waals surface area contributed by atoms with Gasteiger partial charge in [0.05, 0.1) is 10.4 Å². The summed E-state index contributed by atoms with van der Waals surface area (Å²) < 4.78 is 1.30. The van der Waals surface area contributed by atoms with Crippen molar-refractivity contribution in [2.24, 2.45) is 5.41 Å². The van der Waals surface area contributed by atoms with Crippen LogP contribution in [0, 0.1) is 26.2 Å². The van der Waals surface area contributed by atoms with Crippen LogP contribution in [0.5, 0.6) is 0 Å². The lowest BCUT2D eigenvalue weighted by molar-refractivity contribution is 0.114. The maximum Gasteiger partial charge on any atom is 0.0880 e. The molecule has 2 aliphatic rings. The molecule has 4 aromatic rings. The molecule has 0 amide bonds. The first-order valence-corrected chi connectivity index (χ1v) is 14.4. The molecular weight excluding hydrogens is 442 g/mol. The summed E-state index contributed by atoms with van der Waals surface area (Å²) in [5, 5.41) is 1.34. The number of nitrogens with zero attached hydrogens (tertiary/aromatic N) is 1. The minimum absolute atomic E-state index is 0.699. The molecule has 2 fully saturated rings. The van der Waals surface area contributed by atoms with Gasteiger partial charge in [0, 0.05) is 16.6 Å². The van der Waals surface area contributed by atoms with E-state index in [1.165, 1.54) is 101 Å². The van der Waals surface area contributed by atoms with Gasteiger partial charge in [0.25, 0.3) is 0 Å². The molecule has 0 N–H and O–H groups in total. The van der Waals surface area contributed by atoms with Crippen LogP contribution in [0.25, 0.3) is 31.8 Å². The Kier molecular flexibility index (Phi) is 6.05. The molecule has 2 aromatic carbocycles. The Morgan fingerprint density at radius 1 is 0.771 bits per heavy atom. The second-order valence-electron chi connectivity index (χ2n) is 11.4. The van der Waals surface area contributed by atoms with E-state index in [0.29, 0.717) is 5.41 Å². The fourth-order valence-corrected chi connectivity index (χ4v) is 8.33. The summed E-state index contributed by atoms with van der Waals surface area (Å²) >= 11 is 1.90. The van der Waals surface area contributed by atoms with E-state index in [9.17, 15) is 0 Å². The second-order valence-corrected chi connectivity index (χ2v) is 12.4. The highest BCUT2D eigenvalue weighted by Crippen LogP contribution is 2.51. The van der Waals surface area contributed by atoms with Crippen LogP contribution in [0.15, 0.2) is 54.7 Å². The zero-order valence-corrected chi connectivity index (χ0v) is 22.3. The number of pyridine rings is 1. The van der Waals surface area contributed by atoms with Crippen LogP contribution >= 0.6 is 11.3 Å². The maximum absolute atomic E-state index is 4.83. The summed E-state index contributed by atoms with van der Waals surface area (Å²) in [6.07, 6.45) is 15.0. The van der Waals surface area contributed by atoms with E-state index in [4.69, 9.17) is 4.98 Å². The number of fused-ring (bicyclic) bond motifs is 1. The molecule has 0 atom stereocenters. The highest BCUT2D eigenvalue weighted by Gasteiger charge is 2.36. The fraction of sp³-hybridized carbons (Fsp3) is 0.424. The van der Waals surface area contributed by atoms with E-state index in [0.717, 1.165) is 11.6 Å². The molecular formula is C33H37NS. The van der Waals surface area contributed by atoms with Gasteiger partial charge in [0.15, 0.2) is 0 Å². The number of rotatable bonds is 3. The van der Waals surface area contributed by atoms with E-state index < -0.39 is 0 Å². The van der Waals surface area contributed by atoms with E-state index >= 15 is 0 Å². The average molecular weight is 480 g/mol. The first kappa shape index (κ1) is 23.0. The van der Waals surface area contributed by atoms with Crippen LogP contribution in [-0.4, -0.2) is 4.98 Å². The van der Waals surface area contributed by atoms with Gasteiger partial charge in [-0.15, -0.1) is 11.3 Å². The predicted octanol–water partition coefficient (Wildman–Crippen LogP) is 10.2. The summed E-state index contributed by atoms with van der Waals surface area (Å²) in [7, 11) is 0. The molecule has 1 spiro atoms. The zero-order valence-electron chi connectivity index (χ0n) is 21.5. The standard InChI is InChI=1S/C33H37NS/c1-22-19-23(2)21-28(20-22)30-32-29(13-18-34-30)24(3)31(35-32)27-9-7-25(8-10-27)26-11-16-33(17-12-26)14-5-4-6-15-33/h7-10,13,18-21,26H,4-6,11-12,14-17H2,1-3H3. The van der Waals surface area contributed by atoms with Gasteiger partial charge in [-0.2, -0.15) is 0 Å². The van der Waals surface area contributed by atoms with E-state index in [1.54, 1.807) is 5.56 Å². The van der Waals surface area contributed by atoms with E-state index in [2.05, 4.69) is 69.3 Å². The van der Waals surface area contributed by atoms with Gasteiger partial charge in [0.1, 0.15) is 0 Å². The smallest absolute Gasteiger partial charge is 0.0880 e. The van der Waals surface area contributed by atoms with Crippen LogP contribution in [-0.2, 0) is 0 Å². The van der Waals surface area contributed by atoms with Crippen molar-refractivity contribution in [2.75, 3.05) is 0 Å². The molecule has 0 unspecified atom stereocenters. The summed E-state index contributed by atoms with van der Waals surface area (Å²) in [6, 6.07) is 18.5. The fourth-order valence-electron chi connectivity index (χ4n) is 7.01. The first-order chi connectivity index (χ1) is 17.0. The summed E-state index contributed by atoms with van der Waals surface area (Å²) in [4.78, 5) is 6.21. The van der Waals surface area contributed by atoms with Gasteiger partial charge in [-0.1, -0.05) is 60.7 Å². The molecule has 0 bridgehead atoms. The highest BCUT2D eigenvalue weighted by molar-refractivity contribution is 7.23. The van der Waals surface area contributed by atoms with Gasteiger partial charge in [-0.3, -0.25) is 4.98 Å². The second kappa shape index (κ2) is 9.21. The Balaban J connectivity index is 1.28. The van der Waals surface area contributed by atoms with Gasteiger partial charge in [-0.25, -0.2) is 0 Å². The Morgan fingerprint density at radius 2 is 1.46 bits per heavy atom. The largest absolute Gasteiger partial charge is 0.255 e. The minimum Gasteiger partial charge on any atom is -0.255 e. The van der Waals surface area contributed by atoms with Crippen LogP contribution in [0.2, 0.25) is 0 Å². The number of aryl methyl sites for hydroxylation is 3. The Labute approximate surface area is 214 Å². The molecule has 2 heterocycles. The molecule has 2 heteroatoms. The number of benzene rings is 2. The summed E-state index contributed by atoms with van der Waals surface area (Å²) in [5.74, 6) is 0.750. The van der Waals surface area contributed by atoms with Crippen molar-refractivity contribution in [3.8, 4) is 21.7 Å². The van der Waals surface area contributed by atoms with Gasteiger partial charge < -0.3 is 0 Å². The number of thiophene rings is 1. The van der Waals surface area contributed by atoms with Crippen molar-refractivity contribution in [1.29, 1.82) is 0 Å². The third kappa shape index (κ3) is 4.35. The van der Waals surface area contributed by atoms with Crippen LogP contribution in [0.4, 0.5) is 0 Å². The normalized spacial score (nSPS) is 18.4. The third-order valence-electron chi connectivity index (χ3n) is 8.95. The topological polar surface area (TPSA) is 12.9 Å². The highest BCUT2D eigenvalue weighted by atomic mass is 32.1. The zero-order chi connectivity index (χ0) is 24.0. The first-order valence-electron chi connectivity index (χ1n) is 13.6. The average Bonchev–Trinajstić information content (AvgIpc) is 3.21. The monoisotopic (exact) mass is 479 g/mol. The Hall–Kier alpha value is -2.45. The van der Waals surface area contributed by atoms with Crippen LogP contribution < -0.4 is 0 Å². The van der Waals surface area contributed by atoms with Crippen molar-refractivity contribution in [1.82, 2.24) is 4.98 Å². The molecule has 0 aliphatic heterocycles. The minimum atomic E-state index is 0.699. The molecule has 2 aromatic heterocycles. The molecule has 2 aliphatic carbocycles. The summed E-state index contributed by atoms with van der Waals surface area (Å²) in [5.41, 5.74) is 9.90.